The first-order chi connectivity index (χ1) is 13.3. The van der Waals surface area contributed by atoms with Gasteiger partial charge in [0.2, 0.25) is 11.8 Å². The lowest BCUT2D eigenvalue weighted by molar-refractivity contribution is -0.126. The highest BCUT2D eigenvalue weighted by Gasteiger charge is 2.07. The van der Waals surface area contributed by atoms with Crippen LogP contribution in [0, 0.1) is 0 Å². The quantitative estimate of drug-likeness (QED) is 0.522. The van der Waals surface area contributed by atoms with Crippen molar-refractivity contribution in [3.05, 3.63) is 69.7 Å². The lowest BCUT2D eigenvalue weighted by Crippen LogP contribution is -2.24. The largest absolute Gasteiger partial charge is 0.273 e. The van der Waals surface area contributed by atoms with Crippen LogP contribution in [0.1, 0.15) is 37.8 Å². The normalized spacial score (nSPS) is 11.9. The van der Waals surface area contributed by atoms with Crippen LogP contribution in [0.25, 0.3) is 0 Å². The Morgan fingerprint density at radius 3 is 1.36 bits per heavy atom. The van der Waals surface area contributed by atoms with Crippen molar-refractivity contribution in [3.8, 4) is 0 Å². The molecular weight excluding hydrogens is 399 g/mol. The Hall–Kier alpha value is -2.70. The molecular formula is C20H20Cl2N4O2. The van der Waals surface area contributed by atoms with Gasteiger partial charge in [-0.15, -0.1) is 0 Å². The Morgan fingerprint density at radius 2 is 1.04 bits per heavy atom. The molecule has 0 unspecified atom stereocenters. The molecule has 2 aromatic rings. The zero-order valence-corrected chi connectivity index (χ0v) is 17.0. The van der Waals surface area contributed by atoms with Gasteiger partial charge in [-0.25, -0.2) is 10.9 Å². The van der Waals surface area contributed by atoms with Crippen molar-refractivity contribution in [1.82, 2.24) is 10.9 Å². The molecule has 8 heteroatoms. The first kappa shape index (κ1) is 21.6. The number of hydrazone groups is 2. The predicted molar refractivity (Wildman–Crippen MR) is 113 cm³/mol. The molecule has 0 radical (unpaired) electrons. The molecule has 6 nitrogen and oxygen atoms in total. The summed E-state index contributed by atoms with van der Waals surface area (Å²) in [5, 5.41) is 9.30. The van der Waals surface area contributed by atoms with Crippen LogP contribution >= 0.6 is 23.2 Å². The van der Waals surface area contributed by atoms with Crippen molar-refractivity contribution in [2.24, 2.45) is 10.2 Å². The molecule has 2 rings (SSSR count). The van der Waals surface area contributed by atoms with Crippen molar-refractivity contribution in [1.29, 1.82) is 0 Å². The maximum absolute atomic E-state index is 11.9. The molecule has 0 aromatic heterocycles. The molecule has 28 heavy (non-hydrogen) atoms. The molecule has 2 N–H and O–H groups in total. The van der Waals surface area contributed by atoms with Gasteiger partial charge < -0.3 is 0 Å². The second kappa shape index (κ2) is 10.6. The standard InChI is InChI=1S/C20H20Cl2N4O2/c1-13(15-3-7-17(21)8-4-15)23-25-19(27)11-12-20(28)26-24-14(2)16-5-9-18(22)10-6-16/h3-10H,11-12H2,1-2H3,(H,25,27)(H,26,28)/b23-13+,24-14+. The van der Waals surface area contributed by atoms with Crippen LogP contribution in [-0.4, -0.2) is 23.2 Å². The van der Waals surface area contributed by atoms with Crippen molar-refractivity contribution < 1.29 is 9.59 Å². The summed E-state index contributed by atoms with van der Waals surface area (Å²) in [4.78, 5) is 23.7. The Balaban J connectivity index is 1.78. The lowest BCUT2D eigenvalue weighted by atomic mass is 10.1. The molecule has 2 aromatic carbocycles. The van der Waals surface area contributed by atoms with Gasteiger partial charge in [0.1, 0.15) is 0 Å². The van der Waals surface area contributed by atoms with Gasteiger partial charge >= 0.3 is 0 Å². The number of hydrogen-bond donors (Lipinski definition) is 2. The summed E-state index contributed by atoms with van der Waals surface area (Å²) in [6, 6.07) is 14.2. The van der Waals surface area contributed by atoms with Crippen LogP contribution in [0.3, 0.4) is 0 Å². The van der Waals surface area contributed by atoms with Crippen LogP contribution in [0.15, 0.2) is 58.7 Å². The van der Waals surface area contributed by atoms with Gasteiger partial charge in [0.15, 0.2) is 0 Å². The molecule has 146 valence electrons. The minimum absolute atomic E-state index is 0.00125. The Morgan fingerprint density at radius 1 is 0.714 bits per heavy atom. The number of carbonyl (C=O) groups is 2. The first-order valence-electron chi connectivity index (χ1n) is 8.53. The third kappa shape index (κ3) is 7.13. The molecule has 0 bridgehead atoms. The first-order valence-corrected chi connectivity index (χ1v) is 9.29. The summed E-state index contributed by atoms with van der Waals surface area (Å²) in [7, 11) is 0. The third-order valence-electron chi connectivity index (χ3n) is 3.80. The van der Waals surface area contributed by atoms with E-state index in [9.17, 15) is 9.59 Å². The zero-order valence-electron chi connectivity index (χ0n) is 15.5. The average Bonchev–Trinajstić information content (AvgIpc) is 2.69. The molecule has 0 spiro atoms. The smallest absolute Gasteiger partial charge is 0.240 e. The van der Waals surface area contributed by atoms with E-state index in [2.05, 4.69) is 21.1 Å². The van der Waals surface area contributed by atoms with Crippen molar-refractivity contribution in [3.63, 3.8) is 0 Å². The molecule has 0 aliphatic heterocycles. The summed E-state index contributed by atoms with van der Waals surface area (Å²) in [5.41, 5.74) is 7.83. The van der Waals surface area contributed by atoms with E-state index in [4.69, 9.17) is 23.2 Å². The van der Waals surface area contributed by atoms with Crippen LogP contribution < -0.4 is 10.9 Å². The summed E-state index contributed by atoms with van der Waals surface area (Å²) in [6.45, 7) is 3.54. The van der Waals surface area contributed by atoms with Gasteiger partial charge in [0.25, 0.3) is 0 Å². The van der Waals surface area contributed by atoms with Crippen LogP contribution in [-0.2, 0) is 9.59 Å². The highest BCUT2D eigenvalue weighted by molar-refractivity contribution is 6.31. The summed E-state index contributed by atoms with van der Waals surface area (Å²) < 4.78 is 0. The van der Waals surface area contributed by atoms with E-state index in [0.29, 0.717) is 21.5 Å². The van der Waals surface area contributed by atoms with Crippen LogP contribution in [0.2, 0.25) is 10.0 Å². The maximum atomic E-state index is 11.9. The van der Waals surface area contributed by atoms with E-state index in [0.717, 1.165) is 11.1 Å². The highest BCUT2D eigenvalue weighted by Crippen LogP contribution is 2.11. The van der Waals surface area contributed by atoms with E-state index in [1.54, 1.807) is 38.1 Å². The fourth-order valence-electron chi connectivity index (χ4n) is 2.14. The Bertz CT molecular complexity index is 816. The third-order valence-corrected chi connectivity index (χ3v) is 4.30. The van der Waals surface area contributed by atoms with Crippen LogP contribution in [0.5, 0.6) is 0 Å². The van der Waals surface area contributed by atoms with Gasteiger partial charge in [-0.2, -0.15) is 10.2 Å². The fourth-order valence-corrected chi connectivity index (χ4v) is 2.39. The number of nitrogens with one attached hydrogen (secondary N) is 2. The second-order valence-corrected chi connectivity index (χ2v) is 6.85. The second-order valence-electron chi connectivity index (χ2n) is 5.98. The Kier molecular flexibility index (Phi) is 8.17. The molecule has 0 aliphatic carbocycles. The summed E-state index contributed by atoms with van der Waals surface area (Å²) in [6.07, 6.45) is -0.00249. The zero-order chi connectivity index (χ0) is 20.5. The fraction of sp³-hybridized carbons (Fsp3) is 0.200. The molecule has 0 saturated carbocycles. The predicted octanol–water partition coefficient (Wildman–Crippen LogP) is 4.15. The molecule has 0 aliphatic rings. The lowest BCUT2D eigenvalue weighted by Gasteiger charge is -2.04. The number of carbonyl (C=O) groups excluding carboxylic acids is 2. The number of benzene rings is 2. The minimum atomic E-state index is -0.359. The van der Waals surface area contributed by atoms with E-state index in [-0.39, 0.29) is 24.7 Å². The average molecular weight is 419 g/mol. The monoisotopic (exact) mass is 418 g/mol. The number of halogens is 2. The van der Waals surface area contributed by atoms with E-state index in [1.165, 1.54) is 0 Å². The molecule has 0 fully saturated rings. The summed E-state index contributed by atoms with van der Waals surface area (Å²) >= 11 is 11.7. The minimum Gasteiger partial charge on any atom is -0.273 e. The van der Waals surface area contributed by atoms with E-state index < -0.39 is 0 Å². The SMILES string of the molecule is C/C(=N\NC(=O)CCC(=O)N/N=C(\C)c1ccc(Cl)cc1)c1ccc(Cl)cc1. The molecule has 2 amide bonds. The van der Waals surface area contributed by atoms with Gasteiger partial charge in [-0.05, 0) is 49.2 Å². The topological polar surface area (TPSA) is 82.9 Å². The van der Waals surface area contributed by atoms with Gasteiger partial charge in [0, 0.05) is 22.9 Å². The van der Waals surface area contributed by atoms with E-state index in [1.807, 2.05) is 24.3 Å². The maximum Gasteiger partial charge on any atom is 0.240 e. The van der Waals surface area contributed by atoms with E-state index >= 15 is 0 Å². The summed E-state index contributed by atoms with van der Waals surface area (Å²) in [5.74, 6) is -0.719. The van der Waals surface area contributed by atoms with Gasteiger partial charge in [-0.3, -0.25) is 9.59 Å². The molecule has 0 heterocycles. The number of rotatable bonds is 7. The Labute approximate surface area is 173 Å². The van der Waals surface area contributed by atoms with Gasteiger partial charge in [-0.1, -0.05) is 47.5 Å². The van der Waals surface area contributed by atoms with Crippen molar-refractivity contribution in [2.45, 2.75) is 26.7 Å². The molecule has 0 atom stereocenters. The molecule has 0 saturated heterocycles. The van der Waals surface area contributed by atoms with Gasteiger partial charge in [0.05, 0.1) is 11.4 Å². The number of hydrogen-bond acceptors (Lipinski definition) is 4. The van der Waals surface area contributed by atoms with Crippen LogP contribution in [0.4, 0.5) is 0 Å². The highest BCUT2D eigenvalue weighted by atomic mass is 35.5. The van der Waals surface area contributed by atoms with Crippen molar-refractivity contribution in [2.75, 3.05) is 0 Å². The number of amides is 2. The van der Waals surface area contributed by atoms with Crippen molar-refractivity contribution >= 4 is 46.4 Å². The number of nitrogens with zero attached hydrogens (tertiary/aromatic N) is 2.